The van der Waals surface area contributed by atoms with Gasteiger partial charge in [-0.3, -0.25) is 0 Å². The molecule has 1 saturated heterocycles. The summed E-state index contributed by atoms with van der Waals surface area (Å²) >= 11 is 0. The molecule has 1 aromatic rings. The highest BCUT2D eigenvalue weighted by Crippen LogP contribution is 2.48. The molecule has 2 heterocycles. The van der Waals surface area contributed by atoms with E-state index in [0.717, 1.165) is 16.7 Å². The minimum atomic E-state index is -3.42. The number of hydrogen-bond donors (Lipinski definition) is 2. The summed E-state index contributed by atoms with van der Waals surface area (Å²) in [6, 6.07) is 3.75. The number of fused-ring (bicyclic) bond motifs is 1. The predicted molar refractivity (Wildman–Crippen MR) is 105 cm³/mol. The van der Waals surface area contributed by atoms with Crippen molar-refractivity contribution < 1.29 is 23.4 Å². The third-order valence-electron chi connectivity index (χ3n) is 5.74. The maximum atomic E-state index is 12.6. The Bertz CT molecular complexity index is 886. The number of aliphatic hydroxyl groups is 2. The highest BCUT2D eigenvalue weighted by Gasteiger charge is 2.44. The van der Waals surface area contributed by atoms with Gasteiger partial charge in [0.2, 0.25) is 16.3 Å². The lowest BCUT2D eigenvalue weighted by atomic mass is 9.78. The Hall–Kier alpha value is -1.41. The normalized spacial score (nSPS) is 25.6. The van der Waals surface area contributed by atoms with E-state index < -0.39 is 27.1 Å². The van der Waals surface area contributed by atoms with Crippen LogP contribution < -0.4 is 4.74 Å². The van der Waals surface area contributed by atoms with Gasteiger partial charge < -0.3 is 14.9 Å². The van der Waals surface area contributed by atoms with E-state index in [9.17, 15) is 18.6 Å². The summed E-state index contributed by atoms with van der Waals surface area (Å²) in [4.78, 5) is 0.398. The van der Waals surface area contributed by atoms with Gasteiger partial charge >= 0.3 is 0 Å². The summed E-state index contributed by atoms with van der Waals surface area (Å²) in [5, 5.41) is 20.2. The summed E-state index contributed by atoms with van der Waals surface area (Å²) in [6.07, 6.45) is 1.20. The van der Waals surface area contributed by atoms with Crippen LogP contribution in [0.25, 0.3) is 6.08 Å². The van der Waals surface area contributed by atoms with E-state index in [1.54, 1.807) is 6.08 Å². The quantitative estimate of drug-likeness (QED) is 0.817. The lowest BCUT2D eigenvalue weighted by Gasteiger charge is -2.25. The number of nitrogens with zero attached hydrogens (tertiary/aromatic N) is 1. The fourth-order valence-electron chi connectivity index (χ4n) is 3.63. The van der Waals surface area contributed by atoms with Crippen molar-refractivity contribution in [3.8, 4) is 5.75 Å². The van der Waals surface area contributed by atoms with Gasteiger partial charge in [-0.15, -0.1) is 0 Å². The van der Waals surface area contributed by atoms with Crippen LogP contribution in [0.2, 0.25) is 0 Å². The van der Waals surface area contributed by atoms with Crippen LogP contribution in [-0.4, -0.2) is 48.9 Å². The molecule has 0 aliphatic carbocycles. The SMILES string of the molecule is CCN1CC/C(=C\c2cc(C(C)(C)CO)c3c(c2)C(C)(C)C(O)O3)S1(=O)=O. The molecule has 1 atom stereocenters. The molecule has 0 saturated carbocycles. The molecule has 0 amide bonds. The van der Waals surface area contributed by atoms with Gasteiger partial charge in [0, 0.05) is 29.6 Å². The molecular formula is C20H29NO5S. The molecule has 2 N–H and O–H groups in total. The van der Waals surface area contributed by atoms with Crippen LogP contribution in [0, 0.1) is 0 Å². The molecule has 27 heavy (non-hydrogen) atoms. The number of benzene rings is 1. The maximum Gasteiger partial charge on any atom is 0.239 e. The average Bonchev–Trinajstić information content (AvgIpc) is 3.00. The van der Waals surface area contributed by atoms with E-state index in [-0.39, 0.29) is 6.61 Å². The summed E-state index contributed by atoms with van der Waals surface area (Å²) in [6.45, 7) is 10.3. The third-order valence-corrected chi connectivity index (χ3v) is 7.84. The molecule has 1 aromatic carbocycles. The monoisotopic (exact) mass is 395 g/mol. The van der Waals surface area contributed by atoms with Gasteiger partial charge in [0.05, 0.1) is 16.9 Å². The van der Waals surface area contributed by atoms with Gasteiger partial charge in [-0.2, -0.15) is 4.31 Å². The van der Waals surface area contributed by atoms with E-state index in [2.05, 4.69) is 0 Å². The largest absolute Gasteiger partial charge is 0.464 e. The van der Waals surface area contributed by atoms with E-state index in [1.807, 2.05) is 46.8 Å². The van der Waals surface area contributed by atoms with Crippen molar-refractivity contribution in [3.63, 3.8) is 0 Å². The topological polar surface area (TPSA) is 87.1 Å². The minimum Gasteiger partial charge on any atom is -0.464 e. The lowest BCUT2D eigenvalue weighted by Crippen LogP contribution is -2.31. The standard InChI is InChI=1S/C20H29NO5S/c1-6-21-8-7-14(27(21,24)25)9-13-10-15(19(2,3)12-22)17-16(11-13)20(4,5)18(23)26-17/h9-11,18,22-23H,6-8,12H2,1-5H3/b14-9+. The second-order valence-electron chi connectivity index (χ2n) is 8.54. The van der Waals surface area contributed by atoms with Gasteiger partial charge in [0.15, 0.2) is 0 Å². The van der Waals surface area contributed by atoms with Crippen molar-refractivity contribution >= 4 is 16.1 Å². The maximum absolute atomic E-state index is 12.6. The number of sulfonamides is 1. The Morgan fingerprint density at radius 3 is 2.59 bits per heavy atom. The molecule has 0 bridgehead atoms. The Morgan fingerprint density at radius 1 is 1.37 bits per heavy atom. The first kappa shape index (κ1) is 20.3. The predicted octanol–water partition coefficient (Wildman–Crippen LogP) is 2.34. The number of ether oxygens (including phenoxy) is 1. The zero-order valence-corrected chi connectivity index (χ0v) is 17.4. The summed E-state index contributed by atoms with van der Waals surface area (Å²) < 4.78 is 32.5. The zero-order valence-electron chi connectivity index (χ0n) is 16.6. The molecule has 0 spiro atoms. The molecule has 1 fully saturated rings. The van der Waals surface area contributed by atoms with E-state index in [1.165, 1.54) is 4.31 Å². The number of hydrogen-bond acceptors (Lipinski definition) is 5. The van der Waals surface area contributed by atoms with Crippen LogP contribution in [-0.2, 0) is 20.9 Å². The van der Waals surface area contributed by atoms with Gasteiger partial charge in [-0.25, -0.2) is 8.42 Å². The van der Waals surface area contributed by atoms with Crippen LogP contribution in [0.15, 0.2) is 17.0 Å². The summed E-state index contributed by atoms with van der Waals surface area (Å²) in [5.41, 5.74) is 1.11. The third kappa shape index (κ3) is 3.20. The molecule has 7 heteroatoms. The fraction of sp³-hybridized carbons (Fsp3) is 0.600. The zero-order chi connectivity index (χ0) is 20.2. The molecule has 2 aliphatic heterocycles. The molecule has 3 rings (SSSR count). The highest BCUT2D eigenvalue weighted by molar-refractivity contribution is 7.93. The molecule has 150 valence electrons. The second kappa shape index (κ2) is 6.58. The second-order valence-corrected chi connectivity index (χ2v) is 10.5. The first-order valence-electron chi connectivity index (χ1n) is 9.30. The first-order valence-corrected chi connectivity index (χ1v) is 10.7. The van der Waals surface area contributed by atoms with E-state index >= 15 is 0 Å². The molecule has 2 aliphatic rings. The van der Waals surface area contributed by atoms with Crippen molar-refractivity contribution in [2.45, 2.75) is 58.2 Å². The van der Waals surface area contributed by atoms with Crippen molar-refractivity contribution in [2.24, 2.45) is 0 Å². The van der Waals surface area contributed by atoms with Crippen molar-refractivity contribution in [1.82, 2.24) is 4.31 Å². The minimum absolute atomic E-state index is 0.0960. The Kier molecular flexibility index (Phi) is 4.96. The van der Waals surface area contributed by atoms with Gasteiger partial charge in [0.1, 0.15) is 5.75 Å². The lowest BCUT2D eigenvalue weighted by molar-refractivity contribution is -0.0458. The summed E-state index contributed by atoms with van der Waals surface area (Å²) in [5.74, 6) is 0.582. The Balaban J connectivity index is 2.18. The fourth-order valence-corrected chi connectivity index (χ4v) is 5.27. The number of rotatable bonds is 4. The average molecular weight is 396 g/mol. The molecular weight excluding hydrogens is 366 g/mol. The van der Waals surface area contributed by atoms with E-state index in [4.69, 9.17) is 4.74 Å². The van der Waals surface area contributed by atoms with E-state index in [0.29, 0.717) is 30.2 Å². The van der Waals surface area contributed by atoms with Crippen LogP contribution in [0.4, 0.5) is 0 Å². The van der Waals surface area contributed by atoms with Crippen molar-refractivity contribution in [1.29, 1.82) is 0 Å². The molecule has 0 aromatic heterocycles. The Morgan fingerprint density at radius 2 is 2.04 bits per heavy atom. The molecule has 6 nitrogen and oxygen atoms in total. The highest BCUT2D eigenvalue weighted by atomic mass is 32.2. The van der Waals surface area contributed by atoms with Gasteiger partial charge in [-0.05, 0) is 44.0 Å². The Labute approximate surface area is 161 Å². The summed E-state index contributed by atoms with van der Waals surface area (Å²) in [7, 11) is -3.42. The first-order chi connectivity index (χ1) is 12.4. The van der Waals surface area contributed by atoms with Crippen molar-refractivity contribution in [3.05, 3.63) is 33.7 Å². The molecule has 0 radical (unpaired) electrons. The number of aliphatic hydroxyl groups excluding tert-OH is 2. The molecule has 1 unspecified atom stereocenters. The van der Waals surface area contributed by atoms with Crippen LogP contribution in [0.3, 0.4) is 0 Å². The van der Waals surface area contributed by atoms with Gasteiger partial charge in [-0.1, -0.05) is 20.8 Å². The smallest absolute Gasteiger partial charge is 0.239 e. The van der Waals surface area contributed by atoms with Crippen molar-refractivity contribution in [2.75, 3.05) is 19.7 Å². The van der Waals surface area contributed by atoms with Crippen LogP contribution >= 0.6 is 0 Å². The van der Waals surface area contributed by atoms with Crippen LogP contribution in [0.1, 0.15) is 57.7 Å². The van der Waals surface area contributed by atoms with Crippen LogP contribution in [0.5, 0.6) is 5.75 Å². The van der Waals surface area contributed by atoms with Gasteiger partial charge in [0.25, 0.3) is 0 Å².